The third kappa shape index (κ3) is 4.50. The number of amides is 1. The summed E-state index contributed by atoms with van der Waals surface area (Å²) in [6.07, 6.45) is -1.32. The molecule has 0 radical (unpaired) electrons. The van der Waals surface area contributed by atoms with E-state index < -0.39 is 12.3 Å². The smallest absolute Gasteiger partial charge is 0.409 e. The molecule has 0 aliphatic carbocycles. The van der Waals surface area contributed by atoms with Crippen LogP contribution in [-0.4, -0.2) is 23.0 Å². The van der Waals surface area contributed by atoms with Gasteiger partial charge in [-0.1, -0.05) is 91.1 Å². The first-order valence-corrected chi connectivity index (χ1v) is 9.62. The van der Waals surface area contributed by atoms with E-state index in [0.29, 0.717) is 4.99 Å². The number of benzene rings is 3. The summed E-state index contributed by atoms with van der Waals surface area (Å²) >= 11 is 5.50. The summed E-state index contributed by atoms with van der Waals surface area (Å²) in [5.41, 5.74) is 4.37. The minimum Gasteiger partial charge on any atom is -0.445 e. The lowest BCUT2D eigenvalue weighted by Crippen LogP contribution is -2.41. The van der Waals surface area contributed by atoms with Crippen molar-refractivity contribution < 1.29 is 9.53 Å². The molecule has 0 spiro atoms. The van der Waals surface area contributed by atoms with E-state index in [1.807, 2.05) is 84.9 Å². The minimum atomic E-state index is -0.740. The fourth-order valence-corrected chi connectivity index (χ4v) is 3.28. The summed E-state index contributed by atoms with van der Waals surface area (Å²) in [4.78, 5) is 17.5. The number of hydrogen-bond acceptors (Lipinski definition) is 4. The third-order valence-electron chi connectivity index (χ3n) is 4.46. The Hall–Kier alpha value is -3.51. The highest BCUT2D eigenvalue weighted by atomic mass is 32.1. The standard InChI is InChI=1S/C23H19N3O2S/c27-23(28-15-16-9-3-1-4-10-16)26-21-22(29)24-19-14-8-7-13-18(19)20(25-21)17-11-5-2-6-12-17/h1-14,21H,15H2,(H,24,29)(H,26,27)/t21-/m0/s1. The van der Waals surface area contributed by atoms with Gasteiger partial charge in [-0.2, -0.15) is 0 Å². The second-order valence-electron chi connectivity index (χ2n) is 6.49. The van der Waals surface area contributed by atoms with Crippen LogP contribution in [0.2, 0.25) is 0 Å². The number of carbonyl (C=O) groups is 1. The van der Waals surface area contributed by atoms with E-state index in [0.717, 1.165) is 28.1 Å². The summed E-state index contributed by atoms with van der Waals surface area (Å²) in [6, 6.07) is 27.1. The average Bonchev–Trinajstić information content (AvgIpc) is 2.90. The number of benzodiazepines with no additional fused rings is 1. The second kappa shape index (κ2) is 8.67. The molecule has 0 bridgehead atoms. The van der Waals surface area contributed by atoms with Gasteiger partial charge in [0.15, 0.2) is 6.17 Å². The maximum Gasteiger partial charge on any atom is 0.409 e. The molecule has 1 heterocycles. The lowest BCUT2D eigenvalue weighted by atomic mass is 10.0. The second-order valence-corrected chi connectivity index (χ2v) is 6.93. The molecular weight excluding hydrogens is 382 g/mol. The SMILES string of the molecule is O=C(N[C@@H]1N=C(c2ccccc2)c2ccccc2NC1=S)OCc1ccccc1. The van der Waals surface area contributed by atoms with E-state index in [1.165, 1.54) is 0 Å². The summed E-state index contributed by atoms with van der Waals surface area (Å²) in [6.45, 7) is 0.176. The van der Waals surface area contributed by atoms with Crippen LogP contribution in [0.5, 0.6) is 0 Å². The Kier molecular flexibility index (Phi) is 5.63. The number of para-hydroxylation sites is 1. The van der Waals surface area contributed by atoms with Crippen molar-refractivity contribution in [2.75, 3.05) is 5.32 Å². The summed E-state index contributed by atoms with van der Waals surface area (Å²) in [5, 5.41) is 5.96. The first-order valence-electron chi connectivity index (χ1n) is 9.21. The Bertz CT molecular complexity index is 1050. The monoisotopic (exact) mass is 401 g/mol. The lowest BCUT2D eigenvalue weighted by Gasteiger charge is -2.15. The molecule has 0 unspecified atom stereocenters. The molecule has 6 heteroatoms. The maximum absolute atomic E-state index is 12.4. The Morgan fingerprint density at radius 3 is 2.38 bits per heavy atom. The molecule has 1 aliphatic heterocycles. The van der Waals surface area contributed by atoms with Gasteiger partial charge in [-0.05, 0) is 11.6 Å². The van der Waals surface area contributed by atoms with Gasteiger partial charge in [0.2, 0.25) is 0 Å². The molecule has 1 atom stereocenters. The molecule has 0 saturated heterocycles. The molecule has 0 fully saturated rings. The van der Waals surface area contributed by atoms with Crippen molar-refractivity contribution in [3.8, 4) is 0 Å². The number of nitrogens with one attached hydrogen (secondary N) is 2. The highest BCUT2D eigenvalue weighted by molar-refractivity contribution is 7.80. The number of aliphatic imine (C=N–C) groups is 1. The van der Waals surface area contributed by atoms with Crippen molar-refractivity contribution in [3.63, 3.8) is 0 Å². The molecule has 1 amide bonds. The Morgan fingerprint density at radius 1 is 0.966 bits per heavy atom. The number of anilines is 1. The predicted molar refractivity (Wildman–Crippen MR) is 118 cm³/mol. The molecule has 144 valence electrons. The van der Waals surface area contributed by atoms with Crippen molar-refractivity contribution in [2.45, 2.75) is 12.8 Å². The van der Waals surface area contributed by atoms with Gasteiger partial charge in [-0.3, -0.25) is 10.3 Å². The first kappa shape index (κ1) is 18.8. The molecular formula is C23H19N3O2S. The molecule has 29 heavy (non-hydrogen) atoms. The van der Waals surface area contributed by atoms with Crippen molar-refractivity contribution in [1.29, 1.82) is 0 Å². The number of fused-ring (bicyclic) bond motifs is 1. The van der Waals surface area contributed by atoms with Crippen LogP contribution in [0.1, 0.15) is 16.7 Å². The van der Waals surface area contributed by atoms with Crippen LogP contribution in [0, 0.1) is 0 Å². The van der Waals surface area contributed by atoms with Crippen LogP contribution >= 0.6 is 12.2 Å². The number of ether oxygens (including phenoxy) is 1. The van der Waals surface area contributed by atoms with Crippen molar-refractivity contribution >= 4 is 34.7 Å². The van der Waals surface area contributed by atoms with E-state index >= 15 is 0 Å². The zero-order valence-electron chi connectivity index (χ0n) is 15.5. The van der Waals surface area contributed by atoms with Crippen LogP contribution in [0.25, 0.3) is 0 Å². The largest absolute Gasteiger partial charge is 0.445 e. The van der Waals surface area contributed by atoms with Gasteiger partial charge in [0.05, 0.1) is 5.71 Å². The third-order valence-corrected chi connectivity index (χ3v) is 4.79. The van der Waals surface area contributed by atoms with E-state index in [9.17, 15) is 4.79 Å². The lowest BCUT2D eigenvalue weighted by molar-refractivity contribution is 0.138. The summed E-state index contributed by atoms with van der Waals surface area (Å²) < 4.78 is 5.33. The topological polar surface area (TPSA) is 62.7 Å². The number of hydrogen-bond donors (Lipinski definition) is 2. The van der Waals surface area contributed by atoms with Crippen LogP contribution < -0.4 is 10.6 Å². The van der Waals surface area contributed by atoms with E-state index in [2.05, 4.69) is 10.6 Å². The van der Waals surface area contributed by atoms with Crippen LogP contribution in [-0.2, 0) is 11.3 Å². The number of nitrogens with zero attached hydrogens (tertiary/aromatic N) is 1. The van der Waals surface area contributed by atoms with E-state index in [1.54, 1.807) is 0 Å². The van der Waals surface area contributed by atoms with Crippen molar-refractivity contribution in [2.24, 2.45) is 4.99 Å². The summed E-state index contributed by atoms with van der Waals surface area (Å²) in [5.74, 6) is 0. The zero-order chi connectivity index (χ0) is 20.1. The Balaban J connectivity index is 1.58. The Labute approximate surface area is 174 Å². The number of thiocarbonyl (C=S) groups is 1. The van der Waals surface area contributed by atoms with Gasteiger partial charge in [-0.25, -0.2) is 4.79 Å². The Morgan fingerprint density at radius 2 is 1.62 bits per heavy atom. The fraction of sp³-hybridized carbons (Fsp3) is 0.0870. The molecule has 3 aromatic rings. The highest BCUT2D eigenvalue weighted by Crippen LogP contribution is 2.24. The average molecular weight is 401 g/mol. The van der Waals surface area contributed by atoms with Crippen molar-refractivity contribution in [3.05, 3.63) is 102 Å². The van der Waals surface area contributed by atoms with Gasteiger partial charge in [0.1, 0.15) is 11.6 Å². The minimum absolute atomic E-state index is 0.176. The molecule has 3 aromatic carbocycles. The zero-order valence-corrected chi connectivity index (χ0v) is 16.4. The van der Waals surface area contributed by atoms with E-state index in [-0.39, 0.29) is 6.61 Å². The normalized spacial score (nSPS) is 15.4. The van der Waals surface area contributed by atoms with Crippen LogP contribution in [0.4, 0.5) is 10.5 Å². The quantitative estimate of drug-likeness (QED) is 0.631. The van der Waals surface area contributed by atoms with Crippen LogP contribution in [0.3, 0.4) is 0 Å². The first-order chi connectivity index (χ1) is 14.2. The van der Waals surface area contributed by atoms with Gasteiger partial charge < -0.3 is 10.1 Å². The number of rotatable bonds is 4. The summed E-state index contributed by atoms with van der Waals surface area (Å²) in [7, 11) is 0. The molecule has 0 aromatic heterocycles. The predicted octanol–water partition coefficient (Wildman–Crippen LogP) is 4.53. The van der Waals surface area contributed by atoms with Gasteiger partial charge in [0.25, 0.3) is 0 Å². The van der Waals surface area contributed by atoms with Crippen molar-refractivity contribution in [1.82, 2.24) is 5.32 Å². The fourth-order valence-electron chi connectivity index (χ4n) is 3.06. The van der Waals surface area contributed by atoms with Crippen LogP contribution in [0.15, 0.2) is 89.9 Å². The number of carbonyl (C=O) groups excluding carboxylic acids is 1. The molecule has 5 nitrogen and oxygen atoms in total. The van der Waals surface area contributed by atoms with Gasteiger partial charge in [-0.15, -0.1) is 0 Å². The highest BCUT2D eigenvalue weighted by Gasteiger charge is 2.24. The molecule has 1 aliphatic rings. The van der Waals surface area contributed by atoms with Gasteiger partial charge >= 0.3 is 6.09 Å². The van der Waals surface area contributed by atoms with Gasteiger partial charge in [0, 0.05) is 16.8 Å². The van der Waals surface area contributed by atoms with E-state index in [4.69, 9.17) is 21.9 Å². The molecule has 4 rings (SSSR count). The maximum atomic E-state index is 12.4. The molecule has 0 saturated carbocycles. The number of alkyl carbamates (subject to hydrolysis) is 1. The molecule has 2 N–H and O–H groups in total.